The minimum Gasteiger partial charge on any atom is -0.375 e. The number of aromatic nitrogens is 1. The summed E-state index contributed by atoms with van der Waals surface area (Å²) in [5.41, 5.74) is 3.89. The van der Waals surface area contributed by atoms with Crippen molar-refractivity contribution < 1.29 is 17.2 Å². The molecule has 5 nitrogen and oxygen atoms in total. The summed E-state index contributed by atoms with van der Waals surface area (Å²) in [7, 11) is -3.48. The molecule has 1 aliphatic carbocycles. The van der Waals surface area contributed by atoms with Gasteiger partial charge in [-0.25, -0.2) is 22.2 Å². The van der Waals surface area contributed by atoms with Crippen LogP contribution in [0.4, 0.5) is 19.6 Å². The average molecular weight is 496 g/mol. The number of nitrogen functional groups attached to an aromatic ring is 1. The van der Waals surface area contributed by atoms with Gasteiger partial charge in [0.1, 0.15) is 5.83 Å². The van der Waals surface area contributed by atoms with Crippen LogP contribution in [-0.2, 0) is 15.7 Å². The van der Waals surface area contributed by atoms with Gasteiger partial charge in [0.15, 0.2) is 10.8 Å². The van der Waals surface area contributed by atoms with Crippen LogP contribution in [-0.4, -0.2) is 19.7 Å². The molecule has 0 fully saturated rings. The number of thioether (sulfide) groups is 1. The molecule has 27 heavy (non-hydrogen) atoms. The van der Waals surface area contributed by atoms with E-state index < -0.39 is 27.9 Å². The van der Waals surface area contributed by atoms with E-state index in [0.717, 1.165) is 29.4 Å². The van der Waals surface area contributed by atoms with Crippen LogP contribution in [0.2, 0.25) is 0 Å². The Labute approximate surface area is 174 Å². The zero-order valence-corrected chi connectivity index (χ0v) is 18.1. The van der Waals surface area contributed by atoms with Gasteiger partial charge in [0.05, 0.1) is 17.6 Å². The van der Waals surface area contributed by atoms with Crippen LogP contribution < -0.4 is 10.5 Å². The molecule has 146 valence electrons. The zero-order chi connectivity index (χ0) is 18.9. The van der Waals surface area contributed by atoms with Crippen LogP contribution in [0.25, 0.3) is 0 Å². The summed E-state index contributed by atoms with van der Waals surface area (Å²) in [4.78, 5) is 4.62. The molecule has 1 unspecified atom stereocenters. The standard InChI is InChI=1S/C16H15F2N3O2S3.BrH/c1-26(22,23)21-11-4-2-3-5-13(11)25-12-6-7-16(18,8-10(12)17)14-9-24-15(19)20-14;/h2-7,9,21H,8H2,1H3,(H2,19,20);1H. The Morgan fingerprint density at radius 1 is 1.37 bits per heavy atom. The van der Waals surface area contributed by atoms with E-state index in [2.05, 4.69) is 9.71 Å². The van der Waals surface area contributed by atoms with Crippen LogP contribution in [0.3, 0.4) is 0 Å². The highest BCUT2D eigenvalue weighted by molar-refractivity contribution is 8.93. The van der Waals surface area contributed by atoms with E-state index in [0.29, 0.717) is 10.6 Å². The van der Waals surface area contributed by atoms with Crippen molar-refractivity contribution in [2.45, 2.75) is 17.0 Å². The fraction of sp³-hybridized carbons (Fsp3) is 0.188. The zero-order valence-electron chi connectivity index (χ0n) is 14.0. The van der Waals surface area contributed by atoms with Gasteiger partial charge >= 0.3 is 0 Å². The van der Waals surface area contributed by atoms with E-state index >= 15 is 4.39 Å². The normalized spacial score (nSPS) is 19.7. The predicted octanol–water partition coefficient (Wildman–Crippen LogP) is 4.77. The lowest BCUT2D eigenvalue weighted by atomic mass is 9.94. The molecule has 0 saturated carbocycles. The van der Waals surface area contributed by atoms with Crippen LogP contribution in [0.5, 0.6) is 0 Å². The molecule has 0 amide bonds. The number of para-hydroxylation sites is 1. The van der Waals surface area contributed by atoms with Crippen molar-refractivity contribution in [3.05, 3.63) is 58.2 Å². The number of halogens is 3. The molecule has 3 rings (SSSR count). The third kappa shape index (κ3) is 5.31. The Balaban J connectivity index is 0.00000261. The second-order valence-electron chi connectivity index (χ2n) is 5.69. The SMILES string of the molecule is Br.CS(=O)(=O)Nc1ccccc1SC1=C(F)CC(F)(c2csc(N)n2)C=C1. The molecule has 0 bridgehead atoms. The summed E-state index contributed by atoms with van der Waals surface area (Å²) >= 11 is 2.12. The number of alkyl halides is 1. The summed E-state index contributed by atoms with van der Waals surface area (Å²) in [5.74, 6) is -0.638. The van der Waals surface area contributed by atoms with Gasteiger partial charge in [-0.05, 0) is 24.3 Å². The maximum atomic E-state index is 15.0. The molecule has 3 N–H and O–H groups in total. The van der Waals surface area contributed by atoms with Gasteiger partial charge in [0.25, 0.3) is 0 Å². The molecule has 1 atom stereocenters. The number of nitrogens with one attached hydrogen (secondary N) is 1. The first-order chi connectivity index (χ1) is 12.2. The van der Waals surface area contributed by atoms with Crippen LogP contribution in [0.1, 0.15) is 12.1 Å². The Morgan fingerprint density at radius 3 is 2.67 bits per heavy atom. The molecule has 0 aliphatic heterocycles. The summed E-state index contributed by atoms with van der Waals surface area (Å²) in [5, 5.41) is 1.69. The monoisotopic (exact) mass is 495 g/mol. The van der Waals surface area contributed by atoms with Gasteiger partial charge in [-0.3, -0.25) is 4.72 Å². The maximum Gasteiger partial charge on any atom is 0.229 e. The van der Waals surface area contributed by atoms with Crippen molar-refractivity contribution in [2.24, 2.45) is 0 Å². The van der Waals surface area contributed by atoms with Gasteiger partial charge in [0.2, 0.25) is 10.0 Å². The van der Waals surface area contributed by atoms with E-state index in [-0.39, 0.29) is 32.7 Å². The number of nitrogens with two attached hydrogens (primary N) is 1. The number of hydrogen-bond donors (Lipinski definition) is 2. The van der Waals surface area contributed by atoms with E-state index in [9.17, 15) is 12.8 Å². The lowest BCUT2D eigenvalue weighted by Crippen LogP contribution is -2.20. The summed E-state index contributed by atoms with van der Waals surface area (Å²) in [6, 6.07) is 6.60. The second kappa shape index (κ2) is 8.29. The number of thiazole rings is 1. The lowest BCUT2D eigenvalue weighted by molar-refractivity contribution is 0.211. The molecule has 11 heteroatoms. The Hall–Kier alpha value is -1.43. The van der Waals surface area contributed by atoms with Crippen molar-refractivity contribution in [3.8, 4) is 0 Å². The predicted molar refractivity (Wildman–Crippen MR) is 112 cm³/mol. The molecule has 0 saturated heterocycles. The van der Waals surface area contributed by atoms with Gasteiger partial charge in [0, 0.05) is 21.6 Å². The Morgan fingerprint density at radius 2 is 2.07 bits per heavy atom. The molecule has 0 radical (unpaired) electrons. The van der Waals surface area contributed by atoms with Crippen molar-refractivity contribution >= 4 is 60.9 Å². The average Bonchev–Trinajstić information content (AvgIpc) is 2.98. The van der Waals surface area contributed by atoms with Gasteiger partial charge in [-0.2, -0.15) is 0 Å². The van der Waals surface area contributed by atoms with E-state index in [1.54, 1.807) is 24.3 Å². The molecule has 1 aliphatic rings. The highest BCUT2D eigenvalue weighted by Crippen LogP contribution is 2.45. The number of rotatable bonds is 5. The maximum absolute atomic E-state index is 15.0. The number of benzene rings is 1. The van der Waals surface area contributed by atoms with E-state index in [4.69, 9.17) is 5.73 Å². The molecule has 2 aromatic rings. The minimum absolute atomic E-state index is 0. The highest BCUT2D eigenvalue weighted by atomic mass is 79.9. The van der Waals surface area contributed by atoms with Crippen LogP contribution in [0, 0.1) is 0 Å². The largest absolute Gasteiger partial charge is 0.375 e. The minimum atomic E-state index is -3.48. The molecule has 0 spiro atoms. The summed E-state index contributed by atoms with van der Waals surface area (Å²) in [6.07, 6.45) is 3.14. The molecule has 1 heterocycles. The fourth-order valence-corrected chi connectivity index (χ4v) is 4.58. The Kier molecular flexibility index (Phi) is 6.72. The van der Waals surface area contributed by atoms with Gasteiger partial charge < -0.3 is 5.73 Å². The first-order valence-corrected chi connectivity index (χ1v) is 11.0. The number of hydrogen-bond acceptors (Lipinski definition) is 6. The van der Waals surface area contributed by atoms with Crippen molar-refractivity contribution in [1.82, 2.24) is 4.98 Å². The number of sulfonamides is 1. The summed E-state index contributed by atoms with van der Waals surface area (Å²) < 4.78 is 54.9. The van der Waals surface area contributed by atoms with Crippen LogP contribution >= 0.6 is 40.1 Å². The number of nitrogens with zero attached hydrogens (tertiary/aromatic N) is 1. The molecular formula is C16H16BrF2N3O2S3. The van der Waals surface area contributed by atoms with E-state index in [1.807, 2.05) is 0 Å². The first-order valence-electron chi connectivity index (χ1n) is 7.39. The third-order valence-electron chi connectivity index (χ3n) is 3.53. The number of anilines is 2. The smallest absolute Gasteiger partial charge is 0.229 e. The summed E-state index contributed by atoms with van der Waals surface area (Å²) in [6.45, 7) is 0. The Bertz CT molecular complexity index is 1010. The van der Waals surface area contributed by atoms with Crippen molar-refractivity contribution in [1.29, 1.82) is 0 Å². The second-order valence-corrected chi connectivity index (χ2v) is 9.41. The first kappa shape index (κ1) is 21.9. The van der Waals surface area contributed by atoms with Crippen LogP contribution in [0.15, 0.2) is 57.4 Å². The lowest BCUT2D eigenvalue weighted by Gasteiger charge is -2.23. The topological polar surface area (TPSA) is 85.1 Å². The van der Waals surface area contributed by atoms with Gasteiger partial charge in [-0.15, -0.1) is 28.3 Å². The third-order valence-corrected chi connectivity index (χ3v) is 5.95. The van der Waals surface area contributed by atoms with Crippen molar-refractivity contribution in [3.63, 3.8) is 0 Å². The highest BCUT2D eigenvalue weighted by Gasteiger charge is 2.36. The molecular weight excluding hydrogens is 480 g/mol. The molecule has 1 aromatic carbocycles. The van der Waals surface area contributed by atoms with Crippen molar-refractivity contribution in [2.75, 3.05) is 16.7 Å². The number of allylic oxidation sites excluding steroid dienone is 3. The van der Waals surface area contributed by atoms with E-state index in [1.165, 1.54) is 17.5 Å². The fourth-order valence-electron chi connectivity index (χ4n) is 2.37. The van der Waals surface area contributed by atoms with Gasteiger partial charge in [-0.1, -0.05) is 23.9 Å². The molecule has 1 aromatic heterocycles. The quantitative estimate of drug-likeness (QED) is 0.623.